The predicted molar refractivity (Wildman–Crippen MR) is 48.2 cm³/mol. The summed E-state index contributed by atoms with van der Waals surface area (Å²) in [6.45, 7) is 5.10. The van der Waals surface area contributed by atoms with Crippen molar-refractivity contribution < 1.29 is 24.5 Å². The molecule has 1 heterocycles. The molecule has 82 valence electrons. The van der Waals surface area contributed by atoms with E-state index in [1.165, 1.54) is 0 Å². The molecule has 0 aromatic rings. The van der Waals surface area contributed by atoms with Gasteiger partial charge >= 0.3 is 11.9 Å². The molecule has 14 heavy (non-hydrogen) atoms. The second-order valence-corrected chi connectivity index (χ2v) is 2.72. The quantitative estimate of drug-likeness (QED) is 0.501. The van der Waals surface area contributed by atoms with Gasteiger partial charge in [0.2, 0.25) is 0 Å². The molecule has 1 aliphatic heterocycles. The average Bonchev–Trinajstić information content (AvgIpc) is 2.20. The maximum atomic E-state index is 9.10. The van der Waals surface area contributed by atoms with Crippen molar-refractivity contribution in [1.29, 1.82) is 0 Å². The number of nitrogens with one attached hydrogen (secondary N) is 1. The van der Waals surface area contributed by atoms with Crippen LogP contribution in [0.25, 0.3) is 0 Å². The topological polar surface area (TPSA) is 95.9 Å². The first kappa shape index (κ1) is 12.9. The highest BCUT2D eigenvalue weighted by atomic mass is 16.5. The maximum absolute atomic E-state index is 9.10. The molecule has 6 heteroatoms. The van der Waals surface area contributed by atoms with Crippen molar-refractivity contribution in [2.75, 3.05) is 19.7 Å². The van der Waals surface area contributed by atoms with Crippen LogP contribution in [0.2, 0.25) is 0 Å². The van der Waals surface area contributed by atoms with Crippen molar-refractivity contribution in [2.24, 2.45) is 0 Å². The smallest absolute Gasteiger partial charge is 0.414 e. The van der Waals surface area contributed by atoms with Crippen LogP contribution in [0.5, 0.6) is 0 Å². The summed E-state index contributed by atoms with van der Waals surface area (Å²) in [6.07, 6.45) is 1.61. The summed E-state index contributed by atoms with van der Waals surface area (Å²) < 4.78 is 5.36. The third-order valence-corrected chi connectivity index (χ3v) is 1.64. The molecule has 0 aromatic heterocycles. The Balaban J connectivity index is 0.000000255. The van der Waals surface area contributed by atoms with Gasteiger partial charge in [0, 0.05) is 13.1 Å². The van der Waals surface area contributed by atoms with Crippen molar-refractivity contribution in [3.05, 3.63) is 0 Å². The Morgan fingerprint density at radius 1 is 1.43 bits per heavy atom. The minimum Gasteiger partial charge on any atom is -0.473 e. The fraction of sp³-hybridized carbons (Fsp3) is 0.750. The third-order valence-electron chi connectivity index (χ3n) is 1.64. The number of carboxylic acids is 2. The van der Waals surface area contributed by atoms with E-state index >= 15 is 0 Å². The van der Waals surface area contributed by atoms with Gasteiger partial charge in [-0.15, -0.1) is 0 Å². The molecule has 0 aliphatic carbocycles. The zero-order valence-corrected chi connectivity index (χ0v) is 8.02. The lowest BCUT2D eigenvalue weighted by Crippen LogP contribution is -2.37. The van der Waals surface area contributed by atoms with Crippen molar-refractivity contribution in [2.45, 2.75) is 19.4 Å². The number of carboxylic acid groups (broad SMARTS) is 2. The molecule has 1 saturated heterocycles. The highest BCUT2D eigenvalue weighted by molar-refractivity contribution is 6.27. The summed E-state index contributed by atoms with van der Waals surface area (Å²) >= 11 is 0. The Morgan fingerprint density at radius 2 is 2.00 bits per heavy atom. The van der Waals surface area contributed by atoms with Gasteiger partial charge in [-0.2, -0.15) is 0 Å². The number of carbonyl (C=O) groups is 2. The number of aliphatic carboxylic acids is 2. The Morgan fingerprint density at radius 3 is 2.21 bits per heavy atom. The standard InChI is InChI=1S/C6H13NO.C2H2O4/c1-2-6-5-7-3-4-8-6;3-1(4)2(5)6/h6-7H,2-5H2,1H3;(H,3,4)(H,5,6)/t6-;/m1./s1. The Bertz CT molecular complexity index is 176. The van der Waals surface area contributed by atoms with Crippen molar-refractivity contribution in [1.82, 2.24) is 5.32 Å². The predicted octanol–water partition coefficient (Wildman–Crippen LogP) is -0.460. The Labute approximate surface area is 81.9 Å². The van der Waals surface area contributed by atoms with Crippen LogP contribution in [0.3, 0.4) is 0 Å². The first-order valence-electron chi connectivity index (χ1n) is 4.36. The van der Waals surface area contributed by atoms with Gasteiger partial charge < -0.3 is 20.3 Å². The van der Waals surface area contributed by atoms with Crippen LogP contribution < -0.4 is 5.32 Å². The van der Waals surface area contributed by atoms with E-state index in [1.54, 1.807) is 0 Å². The molecule has 0 aromatic carbocycles. The number of hydrogen-bond acceptors (Lipinski definition) is 4. The lowest BCUT2D eigenvalue weighted by atomic mass is 10.2. The van der Waals surface area contributed by atoms with Crippen molar-refractivity contribution in [3.63, 3.8) is 0 Å². The highest BCUT2D eigenvalue weighted by Crippen LogP contribution is 1.98. The fourth-order valence-electron chi connectivity index (χ4n) is 0.882. The van der Waals surface area contributed by atoms with E-state index in [0.717, 1.165) is 26.1 Å². The van der Waals surface area contributed by atoms with Crippen LogP contribution >= 0.6 is 0 Å². The molecular formula is C8H15NO5. The molecule has 1 atom stereocenters. The molecule has 6 nitrogen and oxygen atoms in total. The average molecular weight is 205 g/mol. The minimum atomic E-state index is -1.82. The molecule has 0 saturated carbocycles. The number of ether oxygens (including phenoxy) is 1. The van der Waals surface area contributed by atoms with E-state index < -0.39 is 11.9 Å². The lowest BCUT2D eigenvalue weighted by molar-refractivity contribution is -0.159. The normalized spacial score (nSPS) is 20.5. The van der Waals surface area contributed by atoms with Gasteiger partial charge in [-0.05, 0) is 6.42 Å². The van der Waals surface area contributed by atoms with Crippen LogP contribution in [0.4, 0.5) is 0 Å². The van der Waals surface area contributed by atoms with Gasteiger partial charge in [0.15, 0.2) is 0 Å². The van der Waals surface area contributed by atoms with E-state index in [2.05, 4.69) is 12.2 Å². The minimum absolute atomic E-state index is 0.476. The van der Waals surface area contributed by atoms with Crippen LogP contribution in [0, 0.1) is 0 Å². The number of morpholine rings is 1. The number of hydrogen-bond donors (Lipinski definition) is 3. The first-order valence-corrected chi connectivity index (χ1v) is 4.36. The van der Waals surface area contributed by atoms with Gasteiger partial charge in [-0.1, -0.05) is 6.92 Å². The SMILES string of the molecule is CC[C@@H]1CNCCO1.O=C(O)C(=O)O. The summed E-state index contributed by atoms with van der Waals surface area (Å²) in [5.74, 6) is -3.65. The Kier molecular flexibility index (Phi) is 6.69. The summed E-state index contributed by atoms with van der Waals surface area (Å²) in [5, 5.41) is 18.0. The zero-order chi connectivity index (χ0) is 11.0. The van der Waals surface area contributed by atoms with Crippen LogP contribution in [0.1, 0.15) is 13.3 Å². The van der Waals surface area contributed by atoms with E-state index in [0.29, 0.717) is 6.10 Å². The summed E-state index contributed by atoms with van der Waals surface area (Å²) in [6, 6.07) is 0. The molecule has 0 spiro atoms. The van der Waals surface area contributed by atoms with E-state index in [4.69, 9.17) is 24.5 Å². The molecule has 1 fully saturated rings. The molecule has 1 aliphatic rings. The highest BCUT2D eigenvalue weighted by Gasteiger charge is 2.08. The molecule has 0 bridgehead atoms. The maximum Gasteiger partial charge on any atom is 0.414 e. The first-order chi connectivity index (χ1) is 6.57. The molecule has 1 rings (SSSR count). The van der Waals surface area contributed by atoms with Crippen LogP contribution in [-0.2, 0) is 14.3 Å². The molecule has 3 N–H and O–H groups in total. The van der Waals surface area contributed by atoms with Crippen LogP contribution in [-0.4, -0.2) is 48.0 Å². The molecule has 0 radical (unpaired) electrons. The molecular weight excluding hydrogens is 190 g/mol. The van der Waals surface area contributed by atoms with Gasteiger partial charge in [-0.25, -0.2) is 9.59 Å². The summed E-state index contributed by atoms with van der Waals surface area (Å²) in [7, 11) is 0. The lowest BCUT2D eigenvalue weighted by Gasteiger charge is -2.21. The van der Waals surface area contributed by atoms with Crippen LogP contribution in [0.15, 0.2) is 0 Å². The third kappa shape index (κ3) is 6.38. The van der Waals surface area contributed by atoms with Gasteiger partial charge in [0.25, 0.3) is 0 Å². The van der Waals surface area contributed by atoms with Gasteiger partial charge in [0.05, 0.1) is 12.7 Å². The van der Waals surface area contributed by atoms with Crippen molar-refractivity contribution in [3.8, 4) is 0 Å². The fourth-order valence-corrected chi connectivity index (χ4v) is 0.882. The van der Waals surface area contributed by atoms with Gasteiger partial charge in [-0.3, -0.25) is 0 Å². The second-order valence-electron chi connectivity index (χ2n) is 2.72. The Hall–Kier alpha value is -1.14. The summed E-state index contributed by atoms with van der Waals surface area (Å²) in [4.78, 5) is 18.2. The molecule has 0 unspecified atom stereocenters. The molecule has 0 amide bonds. The zero-order valence-electron chi connectivity index (χ0n) is 8.02. The summed E-state index contributed by atoms with van der Waals surface area (Å²) in [5.41, 5.74) is 0. The number of rotatable bonds is 1. The second kappa shape index (κ2) is 7.28. The van der Waals surface area contributed by atoms with Gasteiger partial charge in [0.1, 0.15) is 0 Å². The van der Waals surface area contributed by atoms with E-state index in [9.17, 15) is 0 Å². The largest absolute Gasteiger partial charge is 0.473 e. The van der Waals surface area contributed by atoms with Crippen molar-refractivity contribution >= 4 is 11.9 Å². The monoisotopic (exact) mass is 205 g/mol. The van der Waals surface area contributed by atoms with E-state index in [-0.39, 0.29) is 0 Å². The van der Waals surface area contributed by atoms with E-state index in [1.807, 2.05) is 0 Å².